The first kappa shape index (κ1) is 23.7. The number of carbonyl (C=O) groups excluding carboxylic acids is 2. The zero-order valence-electron chi connectivity index (χ0n) is 17.7. The SMILES string of the molecule is O=C(COc1ccc(Cl)c(F)c1)CC12CC(C(=O)CCCc3ccc(C(F)(F)F)cn3)(C1)C2. The van der Waals surface area contributed by atoms with E-state index >= 15 is 0 Å². The molecule has 33 heavy (non-hydrogen) atoms. The Morgan fingerprint density at radius 1 is 1.12 bits per heavy atom. The molecule has 0 radical (unpaired) electrons. The van der Waals surface area contributed by atoms with E-state index in [1.807, 2.05) is 0 Å². The summed E-state index contributed by atoms with van der Waals surface area (Å²) in [6, 6.07) is 6.33. The van der Waals surface area contributed by atoms with Crippen LogP contribution in [-0.4, -0.2) is 23.2 Å². The summed E-state index contributed by atoms with van der Waals surface area (Å²) in [7, 11) is 0. The molecular weight excluding hydrogens is 462 g/mol. The lowest BCUT2D eigenvalue weighted by Crippen LogP contribution is -2.65. The van der Waals surface area contributed by atoms with Crippen molar-refractivity contribution < 1.29 is 31.9 Å². The average Bonchev–Trinajstić information content (AvgIpc) is 2.70. The predicted molar refractivity (Wildman–Crippen MR) is 112 cm³/mol. The van der Waals surface area contributed by atoms with Crippen LogP contribution in [0.25, 0.3) is 0 Å². The number of benzene rings is 1. The number of nitrogens with zero attached hydrogens (tertiary/aromatic N) is 1. The number of pyridine rings is 1. The third-order valence-corrected chi connectivity index (χ3v) is 6.89. The Hall–Kier alpha value is -2.48. The second kappa shape index (κ2) is 8.70. The van der Waals surface area contributed by atoms with Crippen LogP contribution in [0.5, 0.6) is 5.75 Å². The van der Waals surface area contributed by atoms with Gasteiger partial charge in [-0.1, -0.05) is 11.6 Å². The minimum atomic E-state index is -4.41. The van der Waals surface area contributed by atoms with Gasteiger partial charge in [0.05, 0.1) is 10.6 Å². The van der Waals surface area contributed by atoms with Gasteiger partial charge < -0.3 is 4.74 Å². The van der Waals surface area contributed by atoms with Crippen molar-refractivity contribution in [1.82, 2.24) is 4.98 Å². The number of ether oxygens (including phenoxy) is 1. The Kier molecular flexibility index (Phi) is 6.24. The van der Waals surface area contributed by atoms with Gasteiger partial charge in [0, 0.05) is 36.2 Å². The maximum atomic E-state index is 13.4. The molecule has 0 saturated heterocycles. The van der Waals surface area contributed by atoms with Crippen molar-refractivity contribution in [3.05, 3.63) is 58.6 Å². The largest absolute Gasteiger partial charge is 0.486 e. The number of aryl methyl sites for hydroxylation is 1. The van der Waals surface area contributed by atoms with E-state index in [4.69, 9.17) is 16.3 Å². The van der Waals surface area contributed by atoms with Gasteiger partial charge in [-0.05, 0) is 61.8 Å². The molecule has 0 unspecified atom stereocenters. The molecule has 0 amide bonds. The molecule has 3 aliphatic rings. The van der Waals surface area contributed by atoms with Crippen LogP contribution in [0.3, 0.4) is 0 Å². The quantitative estimate of drug-likeness (QED) is 0.389. The molecule has 5 rings (SSSR count). The van der Waals surface area contributed by atoms with E-state index in [0.717, 1.165) is 18.3 Å². The highest BCUT2D eigenvalue weighted by atomic mass is 35.5. The zero-order valence-corrected chi connectivity index (χ0v) is 18.4. The molecule has 4 nitrogen and oxygen atoms in total. The molecule has 3 saturated carbocycles. The van der Waals surface area contributed by atoms with Crippen LogP contribution in [-0.2, 0) is 22.2 Å². The van der Waals surface area contributed by atoms with Crippen LogP contribution in [0.2, 0.25) is 5.02 Å². The smallest absolute Gasteiger partial charge is 0.417 e. The molecule has 3 aliphatic carbocycles. The van der Waals surface area contributed by atoms with Crippen LogP contribution in [0.15, 0.2) is 36.5 Å². The van der Waals surface area contributed by atoms with Crippen molar-refractivity contribution in [3.8, 4) is 5.75 Å². The molecule has 3 fully saturated rings. The minimum absolute atomic E-state index is 0.0202. The lowest BCUT2D eigenvalue weighted by atomic mass is 9.33. The number of carbonyl (C=O) groups is 2. The van der Waals surface area contributed by atoms with Crippen LogP contribution in [0.1, 0.15) is 49.8 Å². The minimum Gasteiger partial charge on any atom is -0.486 e. The maximum absolute atomic E-state index is 13.4. The normalized spacial score (nSPS) is 23.4. The molecule has 0 N–H and O–H groups in total. The Balaban J connectivity index is 1.17. The van der Waals surface area contributed by atoms with Gasteiger partial charge in [-0.25, -0.2) is 4.39 Å². The molecule has 1 heterocycles. The molecule has 2 bridgehead atoms. The molecule has 0 atom stereocenters. The number of hydrogen-bond acceptors (Lipinski definition) is 4. The summed E-state index contributed by atoms with van der Waals surface area (Å²) in [6.45, 7) is -0.163. The van der Waals surface area contributed by atoms with Gasteiger partial charge in [0.2, 0.25) is 0 Å². The molecule has 0 spiro atoms. The molecule has 9 heteroatoms. The van der Waals surface area contributed by atoms with Gasteiger partial charge in [-0.15, -0.1) is 0 Å². The highest BCUT2D eigenvalue weighted by Gasteiger charge is 2.70. The van der Waals surface area contributed by atoms with Crippen LogP contribution < -0.4 is 4.74 Å². The predicted octanol–water partition coefficient (Wildman–Crippen LogP) is 5.99. The second-order valence-corrected chi connectivity index (χ2v) is 9.61. The summed E-state index contributed by atoms with van der Waals surface area (Å²) in [4.78, 5) is 28.7. The van der Waals surface area contributed by atoms with E-state index in [0.29, 0.717) is 50.6 Å². The van der Waals surface area contributed by atoms with Crippen molar-refractivity contribution in [1.29, 1.82) is 0 Å². The van der Waals surface area contributed by atoms with Crippen molar-refractivity contribution in [2.45, 2.75) is 51.1 Å². The first-order valence-electron chi connectivity index (χ1n) is 10.7. The van der Waals surface area contributed by atoms with E-state index < -0.39 is 17.6 Å². The fourth-order valence-electron chi connectivity index (χ4n) is 5.12. The summed E-state index contributed by atoms with van der Waals surface area (Å²) in [5, 5.41) is -0.0202. The Labute approximate surface area is 193 Å². The highest BCUT2D eigenvalue weighted by molar-refractivity contribution is 6.30. The number of aromatic nitrogens is 1. The maximum Gasteiger partial charge on any atom is 0.417 e. The number of rotatable bonds is 10. The van der Waals surface area contributed by atoms with E-state index in [1.165, 1.54) is 18.2 Å². The molecule has 2 aromatic rings. The van der Waals surface area contributed by atoms with Crippen molar-refractivity contribution >= 4 is 23.2 Å². The summed E-state index contributed by atoms with van der Waals surface area (Å²) < 4.78 is 56.5. The summed E-state index contributed by atoms with van der Waals surface area (Å²) in [6.07, 6.45) is 0.0687. The summed E-state index contributed by atoms with van der Waals surface area (Å²) in [5.74, 6) is -0.330. The van der Waals surface area contributed by atoms with Gasteiger partial charge in [-0.2, -0.15) is 13.2 Å². The van der Waals surface area contributed by atoms with Crippen LogP contribution in [0.4, 0.5) is 17.6 Å². The van der Waals surface area contributed by atoms with Gasteiger partial charge in [0.1, 0.15) is 24.0 Å². The molecule has 0 aliphatic heterocycles. The first-order valence-corrected chi connectivity index (χ1v) is 11.0. The zero-order chi connectivity index (χ0) is 23.9. The number of hydrogen-bond donors (Lipinski definition) is 0. The number of Topliss-reactive ketones (excluding diaryl/α,β-unsaturated/α-hetero) is 2. The number of alkyl halides is 3. The monoisotopic (exact) mass is 483 g/mol. The average molecular weight is 484 g/mol. The molecule has 1 aromatic heterocycles. The molecular formula is C24H22ClF4NO3. The van der Waals surface area contributed by atoms with E-state index in [1.54, 1.807) is 0 Å². The van der Waals surface area contributed by atoms with Crippen LogP contribution in [0, 0.1) is 16.6 Å². The lowest BCUT2D eigenvalue weighted by molar-refractivity contribution is -0.208. The summed E-state index contributed by atoms with van der Waals surface area (Å²) in [5.41, 5.74) is -0.762. The van der Waals surface area contributed by atoms with E-state index in [9.17, 15) is 27.2 Å². The topological polar surface area (TPSA) is 56.3 Å². The van der Waals surface area contributed by atoms with Crippen molar-refractivity contribution in [2.24, 2.45) is 10.8 Å². The van der Waals surface area contributed by atoms with Gasteiger partial charge in [0.25, 0.3) is 0 Å². The van der Waals surface area contributed by atoms with Gasteiger partial charge >= 0.3 is 6.18 Å². The standard InChI is InChI=1S/C24H22ClF4NO3/c25-19-7-6-18(8-20(19)26)33-11-17(31)9-22-12-23(13-22,14-22)21(32)3-1-2-16-5-4-15(10-30-16)24(27,28)29/h4-8,10H,1-3,9,11-14H2. The van der Waals surface area contributed by atoms with Crippen molar-refractivity contribution in [3.63, 3.8) is 0 Å². The Morgan fingerprint density at radius 3 is 2.45 bits per heavy atom. The van der Waals surface area contributed by atoms with E-state index in [-0.39, 0.29) is 39.8 Å². The highest BCUT2D eigenvalue weighted by Crippen LogP contribution is 2.75. The summed E-state index contributed by atoms with van der Waals surface area (Å²) >= 11 is 5.62. The fraction of sp³-hybridized carbons (Fsp3) is 0.458. The molecule has 176 valence electrons. The molecule has 1 aromatic carbocycles. The fourth-order valence-corrected chi connectivity index (χ4v) is 5.23. The number of halogens is 5. The third kappa shape index (κ3) is 5.05. The first-order chi connectivity index (χ1) is 15.5. The van der Waals surface area contributed by atoms with Crippen molar-refractivity contribution in [2.75, 3.05) is 6.61 Å². The Morgan fingerprint density at radius 2 is 1.85 bits per heavy atom. The second-order valence-electron chi connectivity index (χ2n) is 9.20. The Bertz CT molecular complexity index is 1050. The van der Waals surface area contributed by atoms with Gasteiger partial charge in [0.15, 0.2) is 5.78 Å². The number of ketones is 2. The lowest BCUT2D eigenvalue weighted by Gasteiger charge is -2.70. The van der Waals surface area contributed by atoms with Crippen LogP contribution >= 0.6 is 11.6 Å². The third-order valence-electron chi connectivity index (χ3n) is 6.58. The van der Waals surface area contributed by atoms with E-state index in [2.05, 4.69) is 4.98 Å². The van der Waals surface area contributed by atoms with Gasteiger partial charge in [-0.3, -0.25) is 14.6 Å².